The maximum absolute atomic E-state index is 12.5. The van der Waals surface area contributed by atoms with E-state index >= 15 is 0 Å². The third-order valence-corrected chi connectivity index (χ3v) is 5.72. The van der Waals surface area contributed by atoms with Crippen LogP contribution in [0.3, 0.4) is 0 Å². The van der Waals surface area contributed by atoms with Crippen LogP contribution in [-0.4, -0.2) is 59.3 Å². The van der Waals surface area contributed by atoms with Crippen LogP contribution in [0.2, 0.25) is 0 Å². The van der Waals surface area contributed by atoms with Crippen molar-refractivity contribution < 1.29 is 9.59 Å². The van der Waals surface area contributed by atoms with Crippen molar-refractivity contribution in [2.75, 3.05) is 38.0 Å². The number of anilines is 1. The molecule has 0 bridgehead atoms. The summed E-state index contributed by atoms with van der Waals surface area (Å²) in [5.74, 6) is -0.0963. The summed E-state index contributed by atoms with van der Waals surface area (Å²) in [5, 5.41) is 5.51. The van der Waals surface area contributed by atoms with Gasteiger partial charge in [0.25, 0.3) is 5.91 Å². The van der Waals surface area contributed by atoms with Gasteiger partial charge in [0.2, 0.25) is 5.91 Å². The monoisotopic (exact) mass is 387 g/mol. The number of nitrogens with one attached hydrogen (secondary N) is 1. The topological polar surface area (TPSA) is 91.6 Å². The first-order valence-corrected chi connectivity index (χ1v) is 9.88. The highest BCUT2D eigenvalue weighted by Gasteiger charge is 2.24. The van der Waals surface area contributed by atoms with E-state index in [-0.39, 0.29) is 11.8 Å². The average molecular weight is 388 g/mol. The van der Waals surface area contributed by atoms with Crippen molar-refractivity contribution in [2.45, 2.75) is 20.4 Å². The van der Waals surface area contributed by atoms with Crippen molar-refractivity contribution in [3.63, 3.8) is 0 Å². The van der Waals surface area contributed by atoms with Gasteiger partial charge in [-0.05, 0) is 31.0 Å². The molecular weight excluding hydrogens is 362 g/mol. The van der Waals surface area contributed by atoms with Crippen LogP contribution < -0.4 is 11.1 Å². The number of aromatic nitrogens is 1. The Labute approximate surface area is 163 Å². The van der Waals surface area contributed by atoms with Gasteiger partial charge in [-0.3, -0.25) is 14.5 Å². The molecule has 3 N–H and O–H groups in total. The molecule has 27 heavy (non-hydrogen) atoms. The normalized spacial score (nSPS) is 15.0. The molecular formula is C19H25N5O2S. The van der Waals surface area contributed by atoms with E-state index in [1.165, 1.54) is 11.3 Å². The third kappa shape index (κ3) is 4.71. The highest BCUT2D eigenvalue weighted by Crippen LogP contribution is 2.18. The lowest BCUT2D eigenvalue weighted by Crippen LogP contribution is -2.50. The van der Waals surface area contributed by atoms with Crippen LogP contribution in [-0.2, 0) is 11.3 Å². The summed E-state index contributed by atoms with van der Waals surface area (Å²) < 4.78 is 0. The molecule has 1 saturated heterocycles. The smallest absolute Gasteiger partial charge is 0.273 e. The molecule has 3 rings (SSSR count). The van der Waals surface area contributed by atoms with Gasteiger partial charge < -0.3 is 16.0 Å². The van der Waals surface area contributed by atoms with Crippen LogP contribution in [0.15, 0.2) is 23.6 Å². The molecule has 8 heteroatoms. The van der Waals surface area contributed by atoms with E-state index in [1.807, 2.05) is 32.0 Å². The molecule has 2 heterocycles. The predicted molar refractivity (Wildman–Crippen MR) is 107 cm³/mol. The number of hydrogen-bond donors (Lipinski definition) is 2. The Kier molecular flexibility index (Phi) is 6.20. The number of carbonyl (C=O) groups is 2. The van der Waals surface area contributed by atoms with Crippen LogP contribution in [0.1, 0.15) is 26.6 Å². The fourth-order valence-electron chi connectivity index (χ4n) is 3.05. The molecule has 0 radical (unpaired) electrons. The SMILES string of the molecule is Cc1cccc(NC(=O)CN2CCN(C(=O)c3csc(CN)n3)CC2)c1C. The Balaban J connectivity index is 1.49. The first-order valence-electron chi connectivity index (χ1n) is 9.00. The van der Waals surface area contributed by atoms with E-state index in [1.54, 1.807) is 10.3 Å². The largest absolute Gasteiger partial charge is 0.335 e. The Bertz CT molecular complexity index is 827. The molecule has 0 atom stereocenters. The minimum absolute atomic E-state index is 0.0319. The molecule has 1 fully saturated rings. The molecule has 0 unspecified atom stereocenters. The van der Waals surface area contributed by atoms with Crippen molar-refractivity contribution in [2.24, 2.45) is 5.73 Å². The summed E-state index contributed by atoms with van der Waals surface area (Å²) >= 11 is 1.41. The van der Waals surface area contributed by atoms with Gasteiger partial charge in [0.1, 0.15) is 10.7 Å². The lowest BCUT2D eigenvalue weighted by atomic mass is 10.1. The number of aryl methyl sites for hydroxylation is 1. The summed E-state index contributed by atoms with van der Waals surface area (Å²) in [5.41, 5.74) is 9.11. The van der Waals surface area contributed by atoms with E-state index in [0.29, 0.717) is 45.0 Å². The predicted octanol–water partition coefficient (Wildman–Crippen LogP) is 1.62. The summed E-state index contributed by atoms with van der Waals surface area (Å²) in [7, 11) is 0. The van der Waals surface area contributed by atoms with Gasteiger partial charge in [0, 0.05) is 43.8 Å². The lowest BCUT2D eigenvalue weighted by molar-refractivity contribution is -0.117. The molecule has 2 aromatic rings. The molecule has 1 aromatic carbocycles. The van der Waals surface area contributed by atoms with Crippen LogP contribution >= 0.6 is 11.3 Å². The Hall–Kier alpha value is -2.29. The number of nitrogens with two attached hydrogens (primary N) is 1. The van der Waals surface area contributed by atoms with Crippen molar-refractivity contribution in [1.82, 2.24) is 14.8 Å². The molecule has 1 aromatic heterocycles. The fraction of sp³-hybridized carbons (Fsp3) is 0.421. The number of hydrogen-bond acceptors (Lipinski definition) is 6. The van der Waals surface area contributed by atoms with Crippen LogP contribution in [0.4, 0.5) is 5.69 Å². The molecule has 7 nitrogen and oxygen atoms in total. The van der Waals surface area contributed by atoms with Crippen molar-refractivity contribution in [3.8, 4) is 0 Å². The number of amides is 2. The number of carbonyl (C=O) groups excluding carboxylic acids is 2. The van der Waals surface area contributed by atoms with Crippen molar-refractivity contribution >= 4 is 28.8 Å². The second-order valence-corrected chi connectivity index (χ2v) is 7.64. The number of thiazole rings is 1. The number of nitrogens with zero attached hydrogens (tertiary/aromatic N) is 3. The number of piperazine rings is 1. The molecule has 144 valence electrons. The summed E-state index contributed by atoms with van der Waals surface area (Å²) in [6.45, 7) is 7.21. The van der Waals surface area contributed by atoms with E-state index < -0.39 is 0 Å². The zero-order valence-corrected chi connectivity index (χ0v) is 16.5. The second-order valence-electron chi connectivity index (χ2n) is 6.69. The van der Waals surface area contributed by atoms with E-state index in [2.05, 4.69) is 15.2 Å². The zero-order valence-electron chi connectivity index (χ0n) is 15.7. The first kappa shape index (κ1) is 19.5. The van der Waals surface area contributed by atoms with Crippen molar-refractivity contribution in [3.05, 3.63) is 45.4 Å². The summed E-state index contributed by atoms with van der Waals surface area (Å²) in [4.78, 5) is 33.0. The van der Waals surface area contributed by atoms with Gasteiger partial charge in [-0.15, -0.1) is 11.3 Å². The van der Waals surface area contributed by atoms with E-state index in [4.69, 9.17) is 5.73 Å². The number of benzene rings is 1. The first-order chi connectivity index (χ1) is 13.0. The molecule has 1 aliphatic rings. The Morgan fingerprint density at radius 1 is 1.22 bits per heavy atom. The molecule has 0 saturated carbocycles. The van der Waals surface area contributed by atoms with E-state index in [0.717, 1.165) is 21.8 Å². The van der Waals surface area contributed by atoms with Crippen LogP contribution in [0.5, 0.6) is 0 Å². The average Bonchev–Trinajstić information content (AvgIpc) is 3.15. The van der Waals surface area contributed by atoms with Gasteiger partial charge in [0.05, 0.1) is 6.54 Å². The van der Waals surface area contributed by atoms with Gasteiger partial charge >= 0.3 is 0 Å². The minimum atomic E-state index is -0.0644. The molecule has 0 aliphatic carbocycles. The molecule has 0 spiro atoms. The Morgan fingerprint density at radius 2 is 1.96 bits per heavy atom. The maximum atomic E-state index is 12.5. The second kappa shape index (κ2) is 8.60. The maximum Gasteiger partial charge on any atom is 0.273 e. The quantitative estimate of drug-likeness (QED) is 0.813. The van der Waals surface area contributed by atoms with Gasteiger partial charge in [-0.2, -0.15) is 0 Å². The lowest BCUT2D eigenvalue weighted by Gasteiger charge is -2.34. The third-order valence-electron chi connectivity index (χ3n) is 4.85. The van der Waals surface area contributed by atoms with Crippen LogP contribution in [0, 0.1) is 13.8 Å². The Morgan fingerprint density at radius 3 is 2.63 bits per heavy atom. The zero-order chi connectivity index (χ0) is 19.4. The standard InChI is InChI=1S/C19H25N5O2S/c1-13-4-3-5-15(14(13)2)21-17(25)11-23-6-8-24(9-7-23)19(26)16-12-27-18(10-20)22-16/h3-5,12H,6-11,20H2,1-2H3,(H,21,25). The van der Waals surface area contributed by atoms with Crippen molar-refractivity contribution in [1.29, 1.82) is 0 Å². The molecule has 1 aliphatic heterocycles. The summed E-state index contributed by atoms with van der Waals surface area (Å²) in [6.07, 6.45) is 0. The fourth-order valence-corrected chi connectivity index (χ4v) is 3.70. The van der Waals surface area contributed by atoms with Gasteiger partial charge in [0.15, 0.2) is 0 Å². The molecule has 2 amide bonds. The summed E-state index contributed by atoms with van der Waals surface area (Å²) in [6, 6.07) is 5.89. The van der Waals surface area contributed by atoms with Crippen LogP contribution in [0.25, 0.3) is 0 Å². The highest BCUT2D eigenvalue weighted by atomic mass is 32.1. The highest BCUT2D eigenvalue weighted by molar-refractivity contribution is 7.09. The van der Waals surface area contributed by atoms with Gasteiger partial charge in [-0.25, -0.2) is 4.98 Å². The van der Waals surface area contributed by atoms with Gasteiger partial charge in [-0.1, -0.05) is 12.1 Å². The number of rotatable bonds is 5. The van der Waals surface area contributed by atoms with E-state index in [9.17, 15) is 9.59 Å². The minimum Gasteiger partial charge on any atom is -0.335 e.